The van der Waals surface area contributed by atoms with E-state index in [9.17, 15) is 18.4 Å². The van der Waals surface area contributed by atoms with Crippen LogP contribution in [0.15, 0.2) is 36.7 Å². The zero-order chi connectivity index (χ0) is 26.3. The molecule has 2 amide bonds. The lowest BCUT2D eigenvalue weighted by molar-refractivity contribution is -0.139. The topological polar surface area (TPSA) is 110 Å². The minimum absolute atomic E-state index is 0.0253. The Bertz CT molecular complexity index is 1390. The number of hydrogen-bond donors (Lipinski definition) is 2. The molecule has 0 spiro atoms. The average molecular weight is 508 g/mol. The number of nitrogens with two attached hydrogens (primary N) is 1. The summed E-state index contributed by atoms with van der Waals surface area (Å²) in [5.41, 5.74) is 8.08. The average Bonchev–Trinajstić information content (AvgIpc) is 3.69. The summed E-state index contributed by atoms with van der Waals surface area (Å²) in [6, 6.07) is 7.02. The van der Waals surface area contributed by atoms with E-state index in [1.165, 1.54) is 30.6 Å². The van der Waals surface area contributed by atoms with Crippen molar-refractivity contribution < 1.29 is 23.1 Å². The Hall–Kier alpha value is -4.08. The molecular weight excluding hydrogens is 480 g/mol. The molecule has 1 saturated carbocycles. The first kappa shape index (κ1) is 24.6. The smallest absolute Gasteiger partial charge is 0.258 e. The number of carbonyl (C=O) groups is 2. The fourth-order valence-electron chi connectivity index (χ4n) is 4.43. The molecular formula is C27H27F2N5O3. The Kier molecular flexibility index (Phi) is 6.49. The Morgan fingerprint density at radius 2 is 1.92 bits per heavy atom. The number of ether oxygens (including phenoxy) is 1. The fraction of sp³-hybridized carbons (Fsp3) is 0.333. The van der Waals surface area contributed by atoms with E-state index in [0.29, 0.717) is 36.6 Å². The van der Waals surface area contributed by atoms with E-state index < -0.39 is 17.5 Å². The molecule has 2 aliphatic rings. The van der Waals surface area contributed by atoms with Crippen LogP contribution in [0.25, 0.3) is 11.3 Å². The number of amides is 2. The molecule has 2 fully saturated rings. The molecule has 0 radical (unpaired) electrons. The second-order valence-corrected chi connectivity index (χ2v) is 9.42. The molecule has 0 bridgehead atoms. The second kappa shape index (κ2) is 9.76. The third-order valence-electron chi connectivity index (χ3n) is 6.78. The largest absolute Gasteiger partial charge is 0.481 e. The summed E-state index contributed by atoms with van der Waals surface area (Å²) in [5.74, 6) is -1.32. The van der Waals surface area contributed by atoms with Crippen molar-refractivity contribution >= 4 is 23.3 Å². The highest BCUT2D eigenvalue weighted by Gasteiger charge is 2.33. The number of rotatable bonds is 7. The van der Waals surface area contributed by atoms with Gasteiger partial charge in [0.15, 0.2) is 11.6 Å². The standard InChI is InChI=1S/C27H27F2N5O3/c1-3-23(35)34-11-18(12-34)37-25-24(31-13-32-26(25)30)20-9-17(28)10-22(14(20)2)33-27(36)19-7-6-16(8-21(19)29)15-4-5-15/h6-10,13,15,18H,3-5,11-12H2,1-2H3,(H,33,36)(H2,30,31,32). The summed E-state index contributed by atoms with van der Waals surface area (Å²) in [4.78, 5) is 34.7. The molecule has 2 heterocycles. The van der Waals surface area contributed by atoms with Gasteiger partial charge in [-0.15, -0.1) is 0 Å². The number of benzene rings is 2. The van der Waals surface area contributed by atoms with Crippen LogP contribution in [0.2, 0.25) is 0 Å². The van der Waals surface area contributed by atoms with Gasteiger partial charge in [0, 0.05) is 17.7 Å². The maximum absolute atomic E-state index is 14.7. The zero-order valence-electron chi connectivity index (χ0n) is 20.6. The molecule has 192 valence electrons. The summed E-state index contributed by atoms with van der Waals surface area (Å²) in [7, 11) is 0. The van der Waals surface area contributed by atoms with E-state index in [4.69, 9.17) is 10.5 Å². The van der Waals surface area contributed by atoms with Gasteiger partial charge in [0.1, 0.15) is 29.8 Å². The van der Waals surface area contributed by atoms with Crippen molar-refractivity contribution in [3.63, 3.8) is 0 Å². The maximum Gasteiger partial charge on any atom is 0.258 e. The van der Waals surface area contributed by atoms with E-state index in [0.717, 1.165) is 18.4 Å². The van der Waals surface area contributed by atoms with Crippen molar-refractivity contribution in [2.24, 2.45) is 0 Å². The van der Waals surface area contributed by atoms with Crippen molar-refractivity contribution in [3.05, 3.63) is 65.0 Å². The molecule has 2 aromatic carbocycles. The number of carbonyl (C=O) groups excluding carboxylic acids is 2. The Morgan fingerprint density at radius 1 is 1.16 bits per heavy atom. The van der Waals surface area contributed by atoms with Crippen LogP contribution in [-0.4, -0.2) is 45.9 Å². The highest BCUT2D eigenvalue weighted by molar-refractivity contribution is 6.05. The molecule has 1 aromatic heterocycles. The van der Waals surface area contributed by atoms with E-state index in [1.807, 2.05) is 0 Å². The zero-order valence-corrected chi connectivity index (χ0v) is 20.6. The van der Waals surface area contributed by atoms with E-state index in [-0.39, 0.29) is 40.5 Å². The molecule has 0 unspecified atom stereocenters. The van der Waals surface area contributed by atoms with Gasteiger partial charge in [0.05, 0.1) is 18.7 Å². The molecule has 1 saturated heterocycles. The molecule has 1 aliphatic heterocycles. The third kappa shape index (κ3) is 4.96. The summed E-state index contributed by atoms with van der Waals surface area (Å²) in [6.45, 7) is 4.27. The number of halogens is 2. The SMILES string of the molecule is CCC(=O)N1CC(Oc2c(N)ncnc2-c2cc(F)cc(NC(=O)c3ccc(C4CC4)cc3F)c2C)C1. The van der Waals surface area contributed by atoms with Crippen LogP contribution >= 0.6 is 0 Å². The van der Waals surface area contributed by atoms with Crippen molar-refractivity contribution in [1.82, 2.24) is 14.9 Å². The number of nitrogens with zero attached hydrogens (tertiary/aromatic N) is 3. The van der Waals surface area contributed by atoms with Crippen LogP contribution in [0.5, 0.6) is 5.75 Å². The number of likely N-dealkylation sites (tertiary alicyclic amines) is 1. The third-order valence-corrected chi connectivity index (χ3v) is 6.78. The lowest BCUT2D eigenvalue weighted by Gasteiger charge is -2.39. The van der Waals surface area contributed by atoms with Gasteiger partial charge in [0.2, 0.25) is 5.91 Å². The van der Waals surface area contributed by atoms with E-state index in [2.05, 4.69) is 15.3 Å². The van der Waals surface area contributed by atoms with Gasteiger partial charge in [-0.1, -0.05) is 13.0 Å². The fourth-order valence-corrected chi connectivity index (χ4v) is 4.43. The van der Waals surface area contributed by atoms with E-state index >= 15 is 0 Å². The van der Waals surface area contributed by atoms with E-state index in [1.54, 1.807) is 24.8 Å². The molecule has 3 aromatic rings. The molecule has 3 N–H and O–H groups in total. The second-order valence-electron chi connectivity index (χ2n) is 9.42. The van der Waals surface area contributed by atoms with Gasteiger partial charge in [0.25, 0.3) is 5.91 Å². The van der Waals surface area contributed by atoms with Crippen molar-refractivity contribution in [3.8, 4) is 17.0 Å². The van der Waals surface area contributed by atoms with Crippen LogP contribution in [0.3, 0.4) is 0 Å². The maximum atomic E-state index is 14.7. The van der Waals surface area contributed by atoms with Gasteiger partial charge in [-0.25, -0.2) is 18.7 Å². The highest BCUT2D eigenvalue weighted by Crippen LogP contribution is 2.41. The monoisotopic (exact) mass is 507 g/mol. The van der Waals surface area contributed by atoms with Crippen LogP contribution in [-0.2, 0) is 4.79 Å². The number of nitrogen functional groups attached to an aromatic ring is 1. The normalized spacial score (nSPS) is 15.3. The number of nitrogens with one attached hydrogen (secondary N) is 1. The van der Waals surface area contributed by atoms with Gasteiger partial charge in [-0.2, -0.15) is 0 Å². The van der Waals surface area contributed by atoms with Crippen molar-refractivity contribution in [1.29, 1.82) is 0 Å². The van der Waals surface area contributed by atoms with Crippen LogP contribution in [0.4, 0.5) is 20.3 Å². The van der Waals surface area contributed by atoms with Gasteiger partial charge < -0.3 is 20.7 Å². The summed E-state index contributed by atoms with van der Waals surface area (Å²) < 4.78 is 35.4. The van der Waals surface area contributed by atoms with Crippen LogP contribution in [0, 0.1) is 18.6 Å². The lowest BCUT2D eigenvalue weighted by atomic mass is 10.0. The summed E-state index contributed by atoms with van der Waals surface area (Å²) in [6.07, 6.45) is 3.37. The van der Waals surface area contributed by atoms with Gasteiger partial charge in [-0.05, 0) is 61.1 Å². The van der Waals surface area contributed by atoms with Crippen LogP contribution < -0.4 is 15.8 Å². The van der Waals surface area contributed by atoms with Crippen molar-refractivity contribution in [2.75, 3.05) is 24.1 Å². The Morgan fingerprint density at radius 3 is 2.59 bits per heavy atom. The molecule has 8 nitrogen and oxygen atoms in total. The first-order valence-corrected chi connectivity index (χ1v) is 12.2. The molecule has 0 atom stereocenters. The highest BCUT2D eigenvalue weighted by atomic mass is 19.1. The van der Waals surface area contributed by atoms with Crippen LogP contribution in [0.1, 0.15) is 53.6 Å². The number of hydrogen-bond acceptors (Lipinski definition) is 6. The summed E-state index contributed by atoms with van der Waals surface area (Å²) >= 11 is 0. The Labute approximate surface area is 212 Å². The predicted octanol–water partition coefficient (Wildman–Crippen LogP) is 4.44. The summed E-state index contributed by atoms with van der Waals surface area (Å²) in [5, 5.41) is 2.63. The van der Waals surface area contributed by atoms with Gasteiger partial charge in [-0.3, -0.25) is 9.59 Å². The first-order chi connectivity index (χ1) is 17.7. The predicted molar refractivity (Wildman–Crippen MR) is 134 cm³/mol. The lowest BCUT2D eigenvalue weighted by Crippen LogP contribution is -2.56. The minimum atomic E-state index is -0.687. The first-order valence-electron chi connectivity index (χ1n) is 12.2. The molecule has 1 aliphatic carbocycles. The Balaban J connectivity index is 1.41. The molecule has 5 rings (SSSR count). The van der Waals surface area contributed by atoms with Crippen molar-refractivity contribution in [2.45, 2.75) is 45.1 Å². The number of anilines is 2. The van der Waals surface area contributed by atoms with Gasteiger partial charge >= 0.3 is 0 Å². The minimum Gasteiger partial charge on any atom is -0.481 e. The quantitative estimate of drug-likeness (QED) is 0.489. The number of aromatic nitrogens is 2. The molecule has 37 heavy (non-hydrogen) atoms. The molecule has 10 heteroatoms.